The lowest BCUT2D eigenvalue weighted by Gasteiger charge is -1.92. The first-order chi connectivity index (χ1) is 4.20. The van der Waals surface area contributed by atoms with Gasteiger partial charge in [0.25, 0.3) is 6.41 Å². The van der Waals surface area contributed by atoms with Gasteiger partial charge >= 0.3 is 5.97 Å². The molecule has 0 saturated heterocycles. The molecule has 1 unspecified atom stereocenters. The molecule has 0 aliphatic carbocycles. The molecule has 0 aromatic rings. The molecular formula is C3H4N2O4. The summed E-state index contributed by atoms with van der Waals surface area (Å²) in [4.78, 5) is 17.2. The second kappa shape index (κ2) is 2.00. The molecule has 0 bridgehead atoms. The molecule has 0 aromatic carbocycles. The molecule has 0 fully saturated rings. The van der Waals surface area contributed by atoms with Crippen LogP contribution in [-0.2, 0) is 9.63 Å². The van der Waals surface area contributed by atoms with Gasteiger partial charge in [0.2, 0.25) is 5.84 Å². The number of carbonyl (C=O) groups is 1. The zero-order valence-electron chi connectivity index (χ0n) is 4.24. The second-order valence-corrected chi connectivity index (χ2v) is 1.33. The van der Waals surface area contributed by atoms with Crippen molar-refractivity contribution < 1.29 is 19.8 Å². The van der Waals surface area contributed by atoms with E-state index in [0.29, 0.717) is 0 Å². The van der Waals surface area contributed by atoms with Gasteiger partial charge in [0, 0.05) is 0 Å². The summed E-state index contributed by atoms with van der Waals surface area (Å²) in [6.07, 6.45) is -1.39. The second-order valence-electron chi connectivity index (χ2n) is 1.33. The van der Waals surface area contributed by atoms with E-state index in [2.05, 4.69) is 9.83 Å². The molecule has 0 amide bonds. The van der Waals surface area contributed by atoms with Gasteiger partial charge in [-0.15, -0.1) is 0 Å². The Morgan fingerprint density at radius 1 is 1.89 bits per heavy atom. The highest BCUT2D eigenvalue weighted by atomic mass is 16.7. The molecule has 1 rings (SSSR count). The van der Waals surface area contributed by atoms with Crippen LogP contribution >= 0.6 is 0 Å². The van der Waals surface area contributed by atoms with Crippen LogP contribution in [0.15, 0.2) is 4.99 Å². The van der Waals surface area contributed by atoms with E-state index < -0.39 is 12.4 Å². The Hall–Kier alpha value is -1.14. The minimum atomic E-state index is -1.39. The van der Waals surface area contributed by atoms with Crippen LogP contribution in [0.3, 0.4) is 0 Å². The number of aliphatic hydroxyl groups excluding tert-OH is 1. The molecule has 0 aromatic heterocycles. The van der Waals surface area contributed by atoms with Crippen molar-refractivity contribution in [2.75, 3.05) is 0 Å². The van der Waals surface area contributed by atoms with E-state index in [4.69, 9.17) is 10.2 Å². The number of nitrogens with zero attached hydrogens (tertiary/aromatic N) is 1. The molecule has 50 valence electrons. The van der Waals surface area contributed by atoms with Crippen LogP contribution in [0.1, 0.15) is 0 Å². The zero-order valence-corrected chi connectivity index (χ0v) is 4.24. The van der Waals surface area contributed by atoms with Crippen LogP contribution in [-0.4, -0.2) is 28.4 Å². The minimum Gasteiger partial charge on any atom is -0.475 e. The third-order valence-electron chi connectivity index (χ3n) is 0.703. The van der Waals surface area contributed by atoms with E-state index in [0.717, 1.165) is 0 Å². The van der Waals surface area contributed by atoms with Crippen molar-refractivity contribution >= 4 is 11.8 Å². The highest BCUT2D eigenvalue weighted by Crippen LogP contribution is 1.94. The van der Waals surface area contributed by atoms with E-state index in [1.807, 2.05) is 5.48 Å². The number of hydrogen-bond donors (Lipinski definition) is 3. The summed E-state index contributed by atoms with van der Waals surface area (Å²) in [5.74, 6) is -1.64. The normalized spacial score (nSPS) is 25.0. The summed E-state index contributed by atoms with van der Waals surface area (Å²) in [6, 6.07) is 0. The Morgan fingerprint density at radius 3 is 2.78 bits per heavy atom. The summed E-state index contributed by atoms with van der Waals surface area (Å²) in [7, 11) is 0. The van der Waals surface area contributed by atoms with E-state index >= 15 is 0 Å². The number of aliphatic carboxylic acids is 1. The molecule has 1 atom stereocenters. The molecule has 1 heterocycles. The first-order valence-corrected chi connectivity index (χ1v) is 2.11. The Kier molecular flexibility index (Phi) is 1.33. The van der Waals surface area contributed by atoms with Gasteiger partial charge in [-0.1, -0.05) is 0 Å². The number of nitrogens with one attached hydrogen (secondary N) is 1. The highest BCUT2D eigenvalue weighted by Gasteiger charge is 2.19. The average molecular weight is 132 g/mol. The maximum atomic E-state index is 9.96. The fraction of sp³-hybridized carbons (Fsp3) is 0.333. The SMILES string of the molecule is O=C(O)C1=NC(O)ON1. The van der Waals surface area contributed by atoms with Crippen LogP contribution in [0.4, 0.5) is 0 Å². The van der Waals surface area contributed by atoms with Gasteiger partial charge in [0.05, 0.1) is 0 Å². The Morgan fingerprint density at radius 2 is 2.56 bits per heavy atom. The molecular weight excluding hydrogens is 128 g/mol. The highest BCUT2D eigenvalue weighted by molar-refractivity contribution is 6.34. The van der Waals surface area contributed by atoms with Gasteiger partial charge < -0.3 is 10.2 Å². The Bertz CT molecular complexity index is 165. The number of aliphatic imine (C=N–C) groups is 1. The number of aliphatic hydroxyl groups is 1. The lowest BCUT2D eigenvalue weighted by atomic mass is 10.6. The predicted molar refractivity (Wildman–Crippen MR) is 25.3 cm³/mol. The third-order valence-corrected chi connectivity index (χ3v) is 0.703. The monoisotopic (exact) mass is 132 g/mol. The van der Waals surface area contributed by atoms with Crippen molar-refractivity contribution in [3.63, 3.8) is 0 Å². The molecule has 0 saturated carbocycles. The van der Waals surface area contributed by atoms with E-state index in [1.165, 1.54) is 0 Å². The summed E-state index contributed by atoms with van der Waals surface area (Å²) in [5, 5.41) is 16.6. The molecule has 0 spiro atoms. The van der Waals surface area contributed by atoms with E-state index in [1.54, 1.807) is 0 Å². The summed E-state index contributed by atoms with van der Waals surface area (Å²) in [5.41, 5.74) is 1.91. The summed E-state index contributed by atoms with van der Waals surface area (Å²) in [6.45, 7) is 0. The molecule has 1 aliphatic heterocycles. The van der Waals surface area contributed by atoms with Crippen molar-refractivity contribution in [2.45, 2.75) is 6.41 Å². The number of carboxylic acids is 1. The lowest BCUT2D eigenvalue weighted by molar-refractivity contribution is -0.130. The maximum absolute atomic E-state index is 9.96. The fourth-order valence-corrected chi connectivity index (χ4v) is 0.371. The van der Waals surface area contributed by atoms with Crippen LogP contribution in [0.5, 0.6) is 0 Å². The predicted octanol–water partition coefficient (Wildman–Crippen LogP) is -1.72. The molecule has 9 heavy (non-hydrogen) atoms. The third kappa shape index (κ3) is 1.15. The van der Waals surface area contributed by atoms with Crippen molar-refractivity contribution in [1.29, 1.82) is 0 Å². The minimum absolute atomic E-state index is 0.387. The smallest absolute Gasteiger partial charge is 0.373 e. The van der Waals surface area contributed by atoms with Crippen LogP contribution in [0.2, 0.25) is 0 Å². The first kappa shape index (κ1) is 5.99. The molecule has 1 aliphatic rings. The number of carboxylic acid groups (broad SMARTS) is 1. The average Bonchev–Trinajstić information content (AvgIpc) is 2.14. The standard InChI is InChI=1S/C3H4N2O4/c6-2(7)1-4-3(8)9-5-1/h3,8H,(H,4,5)(H,6,7). The molecule has 6 heteroatoms. The van der Waals surface area contributed by atoms with E-state index in [-0.39, 0.29) is 5.84 Å². The molecule has 0 radical (unpaired) electrons. The Labute approximate surface area is 49.7 Å². The van der Waals surface area contributed by atoms with Gasteiger partial charge in [0.15, 0.2) is 0 Å². The van der Waals surface area contributed by atoms with Crippen molar-refractivity contribution in [1.82, 2.24) is 5.48 Å². The largest absolute Gasteiger partial charge is 0.475 e. The molecule has 6 nitrogen and oxygen atoms in total. The topological polar surface area (TPSA) is 91.2 Å². The number of hydroxylamine groups is 1. The molecule has 3 N–H and O–H groups in total. The van der Waals surface area contributed by atoms with Gasteiger partial charge in [-0.2, -0.15) is 4.99 Å². The fourth-order valence-electron chi connectivity index (χ4n) is 0.371. The maximum Gasteiger partial charge on any atom is 0.373 e. The van der Waals surface area contributed by atoms with Crippen LogP contribution in [0, 0.1) is 0 Å². The van der Waals surface area contributed by atoms with Crippen LogP contribution in [0.25, 0.3) is 0 Å². The quantitative estimate of drug-likeness (QED) is 0.394. The summed E-state index contributed by atoms with van der Waals surface area (Å²) < 4.78 is 0. The van der Waals surface area contributed by atoms with Crippen molar-refractivity contribution in [3.05, 3.63) is 0 Å². The number of amidine groups is 1. The van der Waals surface area contributed by atoms with Crippen molar-refractivity contribution in [2.24, 2.45) is 4.99 Å². The van der Waals surface area contributed by atoms with Gasteiger partial charge in [-0.25, -0.2) is 15.1 Å². The van der Waals surface area contributed by atoms with E-state index in [9.17, 15) is 4.79 Å². The number of hydrogen-bond acceptors (Lipinski definition) is 5. The van der Waals surface area contributed by atoms with Crippen LogP contribution < -0.4 is 5.48 Å². The zero-order chi connectivity index (χ0) is 6.85. The summed E-state index contributed by atoms with van der Waals surface area (Å²) >= 11 is 0. The van der Waals surface area contributed by atoms with Gasteiger partial charge in [-0.3, -0.25) is 0 Å². The van der Waals surface area contributed by atoms with Gasteiger partial charge in [0.1, 0.15) is 0 Å². The first-order valence-electron chi connectivity index (χ1n) is 2.11. The van der Waals surface area contributed by atoms with Gasteiger partial charge in [-0.05, 0) is 0 Å². The number of rotatable bonds is 1. The Balaban J connectivity index is 2.62. The van der Waals surface area contributed by atoms with Crippen molar-refractivity contribution in [3.8, 4) is 0 Å². The lowest BCUT2D eigenvalue weighted by Crippen LogP contribution is -2.25.